The van der Waals surface area contributed by atoms with Crippen molar-refractivity contribution in [1.82, 2.24) is 0 Å². The Bertz CT molecular complexity index is 3780. The zero-order chi connectivity index (χ0) is 98.1. The monoisotopic (exact) mass is 1930 g/mol. The summed E-state index contributed by atoms with van der Waals surface area (Å²) in [6.45, 7) is 45.9. The van der Waals surface area contributed by atoms with Gasteiger partial charge in [0.05, 0.1) is 19.8 Å². The second kappa shape index (κ2) is 72.5. The normalized spacial score (nSPS) is 13.2. The molecule has 0 amide bonds. The molecule has 0 aliphatic rings. The lowest BCUT2D eigenvalue weighted by Crippen LogP contribution is -2.19. The molecule has 0 saturated heterocycles. The average molecular weight is 1930 g/mol. The number of hydrogen-bond acceptors (Lipinski definition) is 9. The molecule has 0 heterocycles. The highest BCUT2D eigenvalue weighted by atomic mass is 31.2. The van der Waals surface area contributed by atoms with Crippen molar-refractivity contribution in [3.8, 4) is 34.5 Å². The van der Waals surface area contributed by atoms with Gasteiger partial charge in [-0.25, -0.2) is 0 Å². The van der Waals surface area contributed by atoms with Gasteiger partial charge in [-0.05, 0) is 212 Å². The van der Waals surface area contributed by atoms with E-state index >= 15 is 0 Å². The van der Waals surface area contributed by atoms with Crippen molar-refractivity contribution in [1.29, 1.82) is 0 Å². The van der Waals surface area contributed by atoms with Crippen LogP contribution in [0.25, 0.3) is 0 Å². The molecule has 4 unspecified atom stereocenters. The van der Waals surface area contributed by atoms with Gasteiger partial charge in [0.15, 0.2) is 0 Å². The first-order valence-electron chi connectivity index (χ1n) is 57.0. The van der Waals surface area contributed by atoms with Crippen LogP contribution in [0.3, 0.4) is 0 Å². The zero-order valence-corrected chi connectivity index (χ0v) is 94.0. The topological polar surface area (TPSA) is 83.1 Å². The fourth-order valence-electron chi connectivity index (χ4n) is 19.2. The molecule has 136 heavy (non-hydrogen) atoms. The molecule has 0 fully saturated rings. The maximum absolute atomic E-state index is 7.38. The predicted octanol–water partition coefficient (Wildman–Crippen LogP) is 42.9. The van der Waals surface area contributed by atoms with Gasteiger partial charge in [-0.3, -0.25) is 13.6 Å². The maximum Gasteiger partial charge on any atom is 0.463 e. The van der Waals surface area contributed by atoms with Crippen molar-refractivity contribution in [3.05, 3.63) is 176 Å². The number of aryl methyl sites for hydroxylation is 6. The van der Waals surface area contributed by atoms with Crippen molar-refractivity contribution in [2.75, 3.05) is 19.8 Å². The Morgan fingerprint density at radius 2 is 0.419 bits per heavy atom. The van der Waals surface area contributed by atoms with Crippen LogP contribution in [0.2, 0.25) is 0 Å². The first-order valence-corrected chi connectivity index (χ1v) is 60.3. The summed E-state index contributed by atoms with van der Waals surface area (Å²) in [6, 6.07) is 40.8. The van der Waals surface area contributed by atoms with Crippen molar-refractivity contribution in [2.24, 2.45) is 0 Å². The van der Waals surface area contributed by atoms with E-state index in [1.54, 1.807) is 0 Å². The zero-order valence-electron chi connectivity index (χ0n) is 91.3. The van der Waals surface area contributed by atoms with E-state index in [-0.39, 0.29) is 28.1 Å². The Balaban J connectivity index is 1.42. The van der Waals surface area contributed by atoms with Crippen LogP contribution in [-0.4, -0.2) is 19.8 Å². The van der Waals surface area contributed by atoms with E-state index in [0.29, 0.717) is 19.8 Å². The quantitative estimate of drug-likeness (QED) is 0.0274. The molecule has 6 aromatic carbocycles. The van der Waals surface area contributed by atoms with E-state index in [0.717, 1.165) is 127 Å². The molecule has 770 valence electrons. The van der Waals surface area contributed by atoms with Crippen LogP contribution in [-0.2, 0) is 49.1 Å². The number of hydrogen-bond donors (Lipinski definition) is 0. The molecule has 9 nitrogen and oxygen atoms in total. The molecule has 4 atom stereocenters. The third-order valence-corrected chi connectivity index (χ3v) is 31.3. The van der Waals surface area contributed by atoms with Crippen molar-refractivity contribution >= 4 is 25.8 Å². The molecule has 0 saturated carbocycles. The summed E-state index contributed by atoms with van der Waals surface area (Å²) in [5.74, 6) is 4.79. The van der Waals surface area contributed by atoms with E-state index in [4.69, 9.17) is 40.7 Å². The van der Waals surface area contributed by atoms with Crippen LogP contribution in [0.1, 0.15) is 562 Å². The molecule has 0 aliphatic carbocycles. The summed E-state index contributed by atoms with van der Waals surface area (Å²) in [6.07, 6.45) is 77.7. The summed E-state index contributed by atoms with van der Waals surface area (Å²) < 4.78 is 63.7. The molecule has 0 aliphatic heterocycles. The van der Waals surface area contributed by atoms with Gasteiger partial charge < -0.3 is 27.1 Å². The Morgan fingerprint density at radius 3 is 0.632 bits per heavy atom. The number of rotatable bonds is 83. The molecule has 0 bridgehead atoms. The number of unbranched alkanes of at least 4 members (excludes halogenated alkanes) is 51. The fraction of sp³-hybridized carbons (Fsp3) is 0.710. The van der Waals surface area contributed by atoms with Crippen LogP contribution in [0.15, 0.2) is 109 Å². The van der Waals surface area contributed by atoms with Gasteiger partial charge in [-0.2, -0.15) is 0 Å². The third kappa shape index (κ3) is 51.5. The van der Waals surface area contributed by atoms with E-state index in [1.165, 1.54) is 366 Å². The lowest BCUT2D eigenvalue weighted by atomic mass is 9.74. The van der Waals surface area contributed by atoms with Crippen LogP contribution in [0.5, 0.6) is 34.5 Å². The van der Waals surface area contributed by atoms with Crippen LogP contribution < -0.4 is 27.1 Å². The highest BCUT2D eigenvalue weighted by Crippen LogP contribution is 2.53. The van der Waals surface area contributed by atoms with Gasteiger partial charge in [0.25, 0.3) is 0 Å². The first-order chi connectivity index (χ1) is 65.9. The molecular weight excluding hydrogens is 1730 g/mol. The number of benzene rings is 6. The summed E-state index contributed by atoms with van der Waals surface area (Å²) in [5.41, 5.74) is 13.8. The molecule has 6 rings (SSSR count). The summed E-state index contributed by atoms with van der Waals surface area (Å²) in [7, 11) is -5.53. The molecule has 0 aromatic heterocycles. The van der Waals surface area contributed by atoms with Gasteiger partial charge in [-0.1, -0.05) is 493 Å². The van der Waals surface area contributed by atoms with E-state index in [2.05, 4.69) is 241 Å². The third-order valence-electron chi connectivity index (χ3n) is 28.0. The second-order valence-electron chi connectivity index (χ2n) is 44.0. The lowest BCUT2D eigenvalue weighted by molar-refractivity contribution is 0.256. The highest BCUT2D eigenvalue weighted by Gasteiger charge is 2.35. The van der Waals surface area contributed by atoms with Crippen molar-refractivity contribution < 1.29 is 40.7 Å². The predicted molar refractivity (Wildman–Crippen MR) is 595 cm³/mol. The minimum absolute atomic E-state index is 0.0789. The fourth-order valence-corrected chi connectivity index (χ4v) is 22.3. The SMILES string of the molecule is CCCCCCCCCCCCCCCOP(Oc1ccc(CCCCCCCC)cc1)Oc1cc(C)c(C(C)CC(c2cc(C(C)(C)C)c(OP(OCCCCCCCCCCCCCCC)Oc3ccc(CCCCCCCC)cc3)cc2C)c2cc(C(C)(C)C)c(OP(OCCCCCCCCCCCCCCC)Oc3ccc(CCCCCCCC)cc3)cc2C)cc1C(C)(C)C. The molecule has 0 spiro atoms. The Morgan fingerprint density at radius 1 is 0.228 bits per heavy atom. The largest absolute Gasteiger partial charge is 0.463 e. The lowest BCUT2D eigenvalue weighted by Gasteiger charge is -2.33. The molecule has 12 heteroatoms. The highest BCUT2D eigenvalue weighted by molar-refractivity contribution is 7.43. The molecule has 0 N–H and O–H groups in total. The maximum atomic E-state index is 7.38. The van der Waals surface area contributed by atoms with Crippen molar-refractivity contribution in [2.45, 2.75) is 551 Å². The first kappa shape index (κ1) is 120. The van der Waals surface area contributed by atoms with Gasteiger partial charge >= 0.3 is 25.8 Å². The van der Waals surface area contributed by atoms with Crippen LogP contribution in [0, 0.1) is 20.8 Å². The average Bonchev–Trinajstić information content (AvgIpc) is 0.754. The van der Waals surface area contributed by atoms with Crippen LogP contribution >= 0.6 is 25.8 Å². The Kier molecular flexibility index (Phi) is 64.0. The summed E-state index contributed by atoms with van der Waals surface area (Å²) in [5, 5.41) is 0. The smallest absolute Gasteiger partial charge is 0.418 e. The summed E-state index contributed by atoms with van der Waals surface area (Å²) in [4.78, 5) is 0. The van der Waals surface area contributed by atoms with E-state index < -0.39 is 25.8 Å². The van der Waals surface area contributed by atoms with Crippen LogP contribution in [0.4, 0.5) is 0 Å². The minimum Gasteiger partial charge on any atom is -0.418 e. The van der Waals surface area contributed by atoms with Gasteiger partial charge in [0.1, 0.15) is 34.5 Å². The Labute approximate surface area is 842 Å². The second-order valence-corrected chi connectivity index (χ2v) is 47.2. The molecular formula is C124H205O9P3. The molecule has 0 radical (unpaired) electrons. The van der Waals surface area contributed by atoms with Gasteiger partial charge in [-0.15, -0.1) is 0 Å². The minimum atomic E-state index is -1.85. The molecule has 6 aromatic rings. The summed E-state index contributed by atoms with van der Waals surface area (Å²) >= 11 is 0. The van der Waals surface area contributed by atoms with Crippen molar-refractivity contribution in [3.63, 3.8) is 0 Å². The standard InChI is InChI=1S/C124H205O9P3/c1-20-26-32-38-44-47-50-53-56-59-62-68-74-92-125-134(128-109-86-80-106(81-87-109)77-71-65-41-35-29-23-4)131-119-96-103(8)112(99-116(119)122(11,12)13)102(7)95-115(113-100-117(123(14,15)16)120(97-104(113)9)132-135(126-93-75-69-63-60-57-54-51-48-45-39-33-27-21-2)129-110-88-82-107(83-89-110)78-72-66-42-36-30-24-5)114-101-118(124(17,18)19)121(98-105(114)10)133-136(127-94-76-70-64-61-58-55-52-49-46-40-34-28-22-3)130-111-90-84-108(85-91-111)79-73-67-43-37-31-25-6/h80-91,96-102,115H,20-79,92-95H2,1-19H3. The van der Waals surface area contributed by atoms with Gasteiger partial charge in [0, 0.05) is 22.6 Å². The van der Waals surface area contributed by atoms with E-state index in [1.807, 2.05) is 0 Å². The van der Waals surface area contributed by atoms with E-state index in [9.17, 15) is 0 Å². The Hall–Kier alpha value is -4.71. The van der Waals surface area contributed by atoms with Gasteiger partial charge in [0.2, 0.25) is 0 Å².